The van der Waals surface area contributed by atoms with E-state index in [4.69, 9.17) is 0 Å². The third kappa shape index (κ3) is 1.69. The van der Waals surface area contributed by atoms with Gasteiger partial charge in [0.15, 0.2) is 0 Å². The lowest BCUT2D eigenvalue weighted by atomic mass is 9.49. The Hall–Kier alpha value is -0.830. The number of rotatable bonds is 0. The smallest absolute Gasteiger partial charge is 0.226 e. The molecule has 1 heterocycles. The van der Waals surface area contributed by atoms with E-state index in [2.05, 4.69) is 19.9 Å². The van der Waals surface area contributed by atoms with E-state index in [-0.39, 0.29) is 22.8 Å². The van der Waals surface area contributed by atoms with Gasteiger partial charge < -0.3 is 10.0 Å². The summed E-state index contributed by atoms with van der Waals surface area (Å²) in [4.78, 5) is 14.0. The summed E-state index contributed by atoms with van der Waals surface area (Å²) in [6.07, 6.45) is 9.59. The molecular formula is C19H29NO2. The van der Waals surface area contributed by atoms with Gasteiger partial charge in [-0.2, -0.15) is 0 Å². The average Bonchev–Trinajstić information content (AvgIpc) is 2.79. The first-order chi connectivity index (χ1) is 10.4. The van der Waals surface area contributed by atoms with Crippen molar-refractivity contribution in [1.29, 1.82) is 0 Å². The molecule has 1 N–H and O–H groups in total. The van der Waals surface area contributed by atoms with Crippen molar-refractivity contribution >= 4 is 5.91 Å². The summed E-state index contributed by atoms with van der Waals surface area (Å²) < 4.78 is 0. The number of allylic oxidation sites excluding steroid dienone is 2. The maximum atomic E-state index is 12.1. The molecule has 4 rings (SSSR count). The van der Waals surface area contributed by atoms with E-state index < -0.39 is 0 Å². The minimum Gasteiger partial charge on any atom is -0.393 e. The summed E-state index contributed by atoms with van der Waals surface area (Å²) in [5.41, 5.74) is 1.59. The summed E-state index contributed by atoms with van der Waals surface area (Å²) >= 11 is 0. The molecule has 3 fully saturated rings. The van der Waals surface area contributed by atoms with Crippen LogP contribution in [-0.4, -0.2) is 29.1 Å². The number of amides is 1. The van der Waals surface area contributed by atoms with Gasteiger partial charge in [-0.1, -0.05) is 19.9 Å². The fourth-order valence-electron chi connectivity index (χ4n) is 6.55. The van der Waals surface area contributed by atoms with Gasteiger partial charge in [0.1, 0.15) is 0 Å². The molecule has 1 aliphatic heterocycles. The number of aliphatic hydroxyl groups excluding tert-OH is 1. The highest BCUT2D eigenvalue weighted by molar-refractivity contribution is 5.79. The minimum absolute atomic E-state index is 0.104. The van der Waals surface area contributed by atoms with Crippen LogP contribution in [0.15, 0.2) is 11.8 Å². The molecule has 0 spiro atoms. The van der Waals surface area contributed by atoms with Gasteiger partial charge in [0.2, 0.25) is 5.91 Å². The zero-order chi connectivity index (χ0) is 15.7. The van der Waals surface area contributed by atoms with Crippen molar-refractivity contribution in [3.8, 4) is 0 Å². The molecule has 0 bridgehead atoms. The van der Waals surface area contributed by atoms with E-state index in [9.17, 15) is 9.90 Å². The van der Waals surface area contributed by atoms with E-state index in [1.54, 1.807) is 0 Å². The Morgan fingerprint density at radius 1 is 1.18 bits per heavy atom. The largest absolute Gasteiger partial charge is 0.393 e. The highest BCUT2D eigenvalue weighted by Gasteiger charge is 2.59. The Bertz CT molecular complexity index is 542. The molecular weight excluding hydrogens is 274 g/mol. The van der Waals surface area contributed by atoms with Gasteiger partial charge in [-0.25, -0.2) is 0 Å². The number of likely N-dealkylation sites (tertiary alicyclic amines) is 1. The normalized spacial score (nSPS) is 51.0. The molecule has 0 aromatic heterocycles. The quantitative estimate of drug-likeness (QED) is 0.745. The number of piperidine rings is 1. The third-order valence-electron chi connectivity index (χ3n) is 7.97. The SMILES string of the molecule is CN1C(=O)CC[C@@]2(C)C1=CC[C@@H]1[C@H]2CC[C@]2(C)C(O)CC[C@@H]12. The number of nitrogens with zero attached hydrogens (tertiary/aromatic N) is 1. The fourth-order valence-corrected chi connectivity index (χ4v) is 6.55. The lowest BCUT2D eigenvalue weighted by Gasteiger charge is -2.58. The lowest BCUT2D eigenvalue weighted by Crippen LogP contribution is -2.54. The number of fused-ring (bicyclic) bond motifs is 5. The first-order valence-corrected chi connectivity index (χ1v) is 9.03. The molecule has 2 saturated carbocycles. The standard InChI is InChI=1S/C19H29NO2/c1-18-11-9-17(22)20(3)15(18)6-4-12-13-5-7-16(21)19(13,2)10-8-14(12)18/h6,12-14,16,21H,4-5,7-11H2,1-3H3/t12-,13-,14+,16?,18+,19-/m0/s1. The van der Waals surface area contributed by atoms with Crippen LogP contribution in [0, 0.1) is 28.6 Å². The Kier molecular flexibility index (Phi) is 3.08. The van der Waals surface area contributed by atoms with Crippen LogP contribution in [0.25, 0.3) is 0 Å². The molecule has 1 unspecified atom stereocenters. The molecule has 3 aliphatic carbocycles. The maximum Gasteiger partial charge on any atom is 0.226 e. The second kappa shape index (κ2) is 4.59. The van der Waals surface area contributed by atoms with Gasteiger partial charge in [0.05, 0.1) is 6.10 Å². The summed E-state index contributed by atoms with van der Waals surface area (Å²) in [7, 11) is 1.96. The summed E-state index contributed by atoms with van der Waals surface area (Å²) in [6, 6.07) is 0. The molecule has 3 nitrogen and oxygen atoms in total. The number of hydrogen-bond donors (Lipinski definition) is 1. The predicted molar refractivity (Wildman–Crippen MR) is 85.9 cm³/mol. The lowest BCUT2D eigenvalue weighted by molar-refractivity contribution is -0.136. The van der Waals surface area contributed by atoms with E-state index in [1.807, 2.05) is 11.9 Å². The van der Waals surface area contributed by atoms with Gasteiger partial charge in [-0.05, 0) is 61.7 Å². The topological polar surface area (TPSA) is 40.5 Å². The van der Waals surface area contributed by atoms with E-state index >= 15 is 0 Å². The van der Waals surface area contributed by atoms with Crippen LogP contribution in [0.5, 0.6) is 0 Å². The predicted octanol–water partition coefficient (Wildman–Crippen LogP) is 3.34. The highest BCUT2D eigenvalue weighted by atomic mass is 16.3. The molecule has 22 heavy (non-hydrogen) atoms. The van der Waals surface area contributed by atoms with Gasteiger partial charge in [-0.3, -0.25) is 4.79 Å². The summed E-state index contributed by atoms with van der Waals surface area (Å²) in [5.74, 6) is 2.33. The van der Waals surface area contributed by atoms with Crippen LogP contribution in [0.1, 0.15) is 58.8 Å². The molecule has 0 radical (unpaired) electrons. The van der Waals surface area contributed by atoms with Crippen LogP contribution in [0.4, 0.5) is 0 Å². The molecule has 0 aromatic rings. The van der Waals surface area contributed by atoms with Gasteiger partial charge in [0, 0.05) is 24.6 Å². The number of carbonyl (C=O) groups is 1. The highest BCUT2D eigenvalue weighted by Crippen LogP contribution is 2.64. The van der Waals surface area contributed by atoms with Crippen molar-refractivity contribution < 1.29 is 9.90 Å². The van der Waals surface area contributed by atoms with Gasteiger partial charge in [0.25, 0.3) is 0 Å². The van der Waals surface area contributed by atoms with E-state index in [1.165, 1.54) is 18.5 Å². The zero-order valence-corrected chi connectivity index (χ0v) is 14.1. The molecule has 0 aromatic carbocycles. The molecule has 4 aliphatic rings. The second-order valence-corrected chi connectivity index (χ2v) is 8.71. The van der Waals surface area contributed by atoms with Crippen molar-refractivity contribution in [2.75, 3.05) is 7.05 Å². The van der Waals surface area contributed by atoms with Crippen molar-refractivity contribution in [2.24, 2.45) is 28.6 Å². The minimum atomic E-state index is -0.104. The summed E-state index contributed by atoms with van der Waals surface area (Å²) in [5, 5.41) is 10.5. The van der Waals surface area contributed by atoms with E-state index in [0.717, 1.165) is 25.7 Å². The third-order valence-corrected chi connectivity index (χ3v) is 7.97. The average molecular weight is 303 g/mol. The van der Waals surface area contributed by atoms with Crippen LogP contribution in [-0.2, 0) is 4.79 Å². The fraction of sp³-hybridized carbons (Fsp3) is 0.842. The number of carbonyl (C=O) groups excluding carboxylic acids is 1. The molecule has 1 saturated heterocycles. The van der Waals surface area contributed by atoms with Crippen molar-refractivity contribution in [2.45, 2.75) is 64.9 Å². The van der Waals surface area contributed by atoms with Crippen LogP contribution in [0.3, 0.4) is 0 Å². The molecule has 3 heteroatoms. The Morgan fingerprint density at radius 2 is 1.95 bits per heavy atom. The monoisotopic (exact) mass is 303 g/mol. The number of aliphatic hydroxyl groups is 1. The van der Waals surface area contributed by atoms with Crippen molar-refractivity contribution in [3.05, 3.63) is 11.8 Å². The molecule has 122 valence electrons. The second-order valence-electron chi connectivity index (χ2n) is 8.71. The van der Waals surface area contributed by atoms with Crippen LogP contribution < -0.4 is 0 Å². The number of hydrogen-bond acceptors (Lipinski definition) is 2. The van der Waals surface area contributed by atoms with Crippen LogP contribution in [0.2, 0.25) is 0 Å². The van der Waals surface area contributed by atoms with E-state index in [0.29, 0.717) is 24.2 Å². The van der Waals surface area contributed by atoms with Crippen molar-refractivity contribution in [1.82, 2.24) is 4.90 Å². The molecule has 6 atom stereocenters. The zero-order valence-electron chi connectivity index (χ0n) is 14.1. The Morgan fingerprint density at radius 3 is 2.73 bits per heavy atom. The van der Waals surface area contributed by atoms with Crippen LogP contribution >= 0.6 is 0 Å². The maximum absolute atomic E-state index is 12.1. The van der Waals surface area contributed by atoms with Gasteiger partial charge >= 0.3 is 0 Å². The van der Waals surface area contributed by atoms with Crippen molar-refractivity contribution in [3.63, 3.8) is 0 Å². The molecule has 1 amide bonds. The Labute approximate surface area is 133 Å². The Balaban J connectivity index is 1.71. The first-order valence-electron chi connectivity index (χ1n) is 9.03. The summed E-state index contributed by atoms with van der Waals surface area (Å²) in [6.45, 7) is 4.72. The first kappa shape index (κ1) is 14.7. The van der Waals surface area contributed by atoms with Gasteiger partial charge in [-0.15, -0.1) is 0 Å².